The van der Waals surface area contributed by atoms with Gasteiger partial charge in [0, 0.05) is 13.5 Å². The molecule has 2 atom stereocenters. The fourth-order valence-corrected chi connectivity index (χ4v) is 3.08. The number of carbonyl (C=O) groups is 1. The second-order valence-electron chi connectivity index (χ2n) is 7.97. The molecule has 0 aliphatic carbocycles. The molecule has 152 valence electrons. The minimum atomic E-state index is -1.30. The Morgan fingerprint density at radius 3 is 2.11 bits per heavy atom. The zero-order chi connectivity index (χ0) is 20.6. The molecule has 0 unspecified atom stereocenters. The molecule has 2 rings (SSSR count). The number of nitrogens with one attached hydrogen (secondary N) is 1. The van der Waals surface area contributed by atoms with Crippen molar-refractivity contribution in [3.8, 4) is 0 Å². The summed E-state index contributed by atoms with van der Waals surface area (Å²) < 4.78 is 11.1. The zero-order valence-electron chi connectivity index (χ0n) is 17.1. The highest BCUT2D eigenvalue weighted by Crippen LogP contribution is 2.24. The van der Waals surface area contributed by atoms with Gasteiger partial charge in [0.15, 0.2) is 0 Å². The van der Waals surface area contributed by atoms with Gasteiger partial charge < -0.3 is 14.6 Å². The Morgan fingerprint density at radius 1 is 1.04 bits per heavy atom. The quantitative estimate of drug-likeness (QED) is 0.649. The van der Waals surface area contributed by atoms with Crippen LogP contribution in [-0.2, 0) is 20.7 Å². The van der Waals surface area contributed by atoms with E-state index in [4.69, 9.17) is 9.47 Å². The van der Waals surface area contributed by atoms with E-state index in [-0.39, 0.29) is 6.04 Å². The van der Waals surface area contributed by atoms with Gasteiger partial charge in [0.1, 0.15) is 11.1 Å². The first-order valence-corrected chi connectivity index (χ1v) is 9.49. The molecule has 0 aliphatic rings. The predicted molar refractivity (Wildman–Crippen MR) is 110 cm³/mol. The summed E-state index contributed by atoms with van der Waals surface area (Å²) in [5.41, 5.74) is -0.0644. The van der Waals surface area contributed by atoms with Crippen LogP contribution in [0.5, 0.6) is 0 Å². The second kappa shape index (κ2) is 9.82. The summed E-state index contributed by atoms with van der Waals surface area (Å²) in [6.45, 7) is 5.41. The standard InChI is InChI=1S/C23H31NO4/c1-22(2,3)28-21(26)23(17-25,15-18-11-7-5-8-12-18)24-20(16-27-4)19-13-9-6-10-14-19/h5-14,20,24-25H,15-17H2,1-4H3/t20-,23+/m0/s1. The number of esters is 1. The molecule has 5 nitrogen and oxygen atoms in total. The van der Waals surface area contributed by atoms with E-state index in [1.165, 1.54) is 0 Å². The maximum absolute atomic E-state index is 13.2. The molecule has 0 amide bonds. The lowest BCUT2D eigenvalue weighted by Crippen LogP contribution is -2.60. The third-order valence-electron chi connectivity index (χ3n) is 4.39. The van der Waals surface area contributed by atoms with Crippen molar-refractivity contribution in [3.05, 3.63) is 71.8 Å². The lowest BCUT2D eigenvalue weighted by Gasteiger charge is -2.37. The Morgan fingerprint density at radius 2 is 1.61 bits per heavy atom. The number of hydrogen-bond acceptors (Lipinski definition) is 5. The van der Waals surface area contributed by atoms with Crippen molar-refractivity contribution < 1.29 is 19.4 Å². The lowest BCUT2D eigenvalue weighted by atomic mass is 9.89. The third-order valence-corrected chi connectivity index (χ3v) is 4.39. The number of methoxy groups -OCH3 is 1. The Hall–Kier alpha value is -2.21. The number of benzene rings is 2. The van der Waals surface area contributed by atoms with Crippen LogP contribution in [0.25, 0.3) is 0 Å². The molecule has 2 aromatic rings. The highest BCUT2D eigenvalue weighted by molar-refractivity contribution is 5.82. The summed E-state index contributed by atoms with van der Waals surface area (Å²) in [7, 11) is 1.61. The Bertz CT molecular complexity index is 727. The van der Waals surface area contributed by atoms with Gasteiger partial charge in [-0.15, -0.1) is 0 Å². The summed E-state index contributed by atoms with van der Waals surface area (Å²) in [5.74, 6) is -0.483. The zero-order valence-corrected chi connectivity index (χ0v) is 17.1. The van der Waals surface area contributed by atoms with Crippen LogP contribution < -0.4 is 5.32 Å². The monoisotopic (exact) mass is 385 g/mol. The second-order valence-corrected chi connectivity index (χ2v) is 7.97. The molecule has 5 heteroatoms. The maximum atomic E-state index is 13.2. The van der Waals surface area contributed by atoms with Crippen molar-refractivity contribution >= 4 is 5.97 Å². The van der Waals surface area contributed by atoms with E-state index in [1.807, 2.05) is 81.4 Å². The van der Waals surface area contributed by atoms with Gasteiger partial charge in [-0.05, 0) is 31.9 Å². The van der Waals surface area contributed by atoms with E-state index < -0.39 is 23.7 Å². The molecule has 0 saturated heterocycles. The normalized spacial score (nSPS) is 14.9. The number of aliphatic hydroxyl groups excluding tert-OH is 1. The van der Waals surface area contributed by atoms with Gasteiger partial charge in [0.05, 0.1) is 19.3 Å². The predicted octanol–water partition coefficient (Wildman–Crippen LogP) is 3.28. The van der Waals surface area contributed by atoms with E-state index in [9.17, 15) is 9.90 Å². The summed E-state index contributed by atoms with van der Waals surface area (Å²) in [4.78, 5) is 13.2. The summed E-state index contributed by atoms with van der Waals surface area (Å²) in [5, 5.41) is 13.7. The number of aliphatic hydroxyl groups is 1. The lowest BCUT2D eigenvalue weighted by molar-refractivity contribution is -0.166. The largest absolute Gasteiger partial charge is 0.459 e. The highest BCUT2D eigenvalue weighted by atomic mass is 16.6. The minimum Gasteiger partial charge on any atom is -0.459 e. The molecular formula is C23H31NO4. The van der Waals surface area contributed by atoms with Gasteiger partial charge >= 0.3 is 5.97 Å². The maximum Gasteiger partial charge on any atom is 0.329 e. The van der Waals surface area contributed by atoms with Crippen molar-refractivity contribution in [2.75, 3.05) is 20.3 Å². The Labute approximate surface area is 167 Å². The molecule has 2 aromatic carbocycles. The Kier molecular flexibility index (Phi) is 7.75. The first-order valence-electron chi connectivity index (χ1n) is 9.49. The van der Waals surface area contributed by atoms with Crippen molar-refractivity contribution in [1.29, 1.82) is 0 Å². The van der Waals surface area contributed by atoms with Gasteiger partial charge in [-0.1, -0.05) is 60.7 Å². The molecule has 0 spiro atoms. The molecule has 0 bridgehead atoms. The smallest absolute Gasteiger partial charge is 0.329 e. The molecule has 2 N–H and O–H groups in total. The Balaban J connectivity index is 2.41. The van der Waals surface area contributed by atoms with Gasteiger partial charge in [-0.2, -0.15) is 0 Å². The van der Waals surface area contributed by atoms with Crippen LogP contribution >= 0.6 is 0 Å². The highest BCUT2D eigenvalue weighted by Gasteiger charge is 2.43. The fraction of sp³-hybridized carbons (Fsp3) is 0.435. The van der Waals surface area contributed by atoms with E-state index in [0.29, 0.717) is 13.0 Å². The number of hydrogen-bond donors (Lipinski definition) is 2. The molecule has 0 aliphatic heterocycles. The van der Waals surface area contributed by atoms with E-state index in [2.05, 4.69) is 5.32 Å². The fourth-order valence-electron chi connectivity index (χ4n) is 3.08. The molecule has 0 radical (unpaired) electrons. The average Bonchev–Trinajstić information content (AvgIpc) is 2.67. The van der Waals surface area contributed by atoms with Crippen LogP contribution in [0.2, 0.25) is 0 Å². The van der Waals surface area contributed by atoms with Gasteiger partial charge in [-0.25, -0.2) is 4.79 Å². The van der Waals surface area contributed by atoms with Crippen molar-refractivity contribution in [3.63, 3.8) is 0 Å². The minimum absolute atomic E-state index is 0.283. The van der Waals surface area contributed by atoms with Crippen molar-refractivity contribution in [2.24, 2.45) is 0 Å². The van der Waals surface area contributed by atoms with Crippen LogP contribution in [0.1, 0.15) is 37.9 Å². The third kappa shape index (κ3) is 6.16. The van der Waals surface area contributed by atoms with Crippen LogP contribution in [0.3, 0.4) is 0 Å². The van der Waals surface area contributed by atoms with Crippen molar-refractivity contribution in [1.82, 2.24) is 5.32 Å². The average molecular weight is 386 g/mol. The van der Waals surface area contributed by atoms with Gasteiger partial charge in [0.2, 0.25) is 0 Å². The van der Waals surface area contributed by atoms with Gasteiger partial charge in [-0.3, -0.25) is 5.32 Å². The summed E-state index contributed by atoms with van der Waals surface area (Å²) >= 11 is 0. The molecule has 0 saturated carbocycles. The summed E-state index contributed by atoms with van der Waals surface area (Å²) in [6.07, 6.45) is 0.298. The van der Waals surface area contributed by atoms with E-state index >= 15 is 0 Å². The van der Waals surface area contributed by atoms with E-state index in [0.717, 1.165) is 11.1 Å². The number of ether oxygens (including phenoxy) is 2. The van der Waals surface area contributed by atoms with E-state index in [1.54, 1.807) is 7.11 Å². The molecule has 28 heavy (non-hydrogen) atoms. The van der Waals surface area contributed by atoms with Crippen LogP contribution in [-0.4, -0.2) is 42.5 Å². The first-order chi connectivity index (χ1) is 13.3. The van der Waals surface area contributed by atoms with Crippen LogP contribution in [0.15, 0.2) is 60.7 Å². The molecule has 0 heterocycles. The topological polar surface area (TPSA) is 67.8 Å². The molecular weight excluding hydrogens is 354 g/mol. The van der Waals surface area contributed by atoms with Crippen molar-refractivity contribution in [2.45, 2.75) is 44.4 Å². The SMILES string of the molecule is COC[C@H](N[C@@](CO)(Cc1ccccc1)C(=O)OC(C)(C)C)c1ccccc1. The number of carbonyl (C=O) groups excluding carboxylic acids is 1. The van der Waals surface area contributed by atoms with Gasteiger partial charge in [0.25, 0.3) is 0 Å². The first kappa shape index (κ1) is 22.1. The van der Waals surface area contributed by atoms with Crippen LogP contribution in [0.4, 0.5) is 0 Å². The molecule has 0 aromatic heterocycles. The van der Waals surface area contributed by atoms with Crippen LogP contribution in [0, 0.1) is 0 Å². The number of rotatable bonds is 9. The summed E-state index contributed by atoms with van der Waals surface area (Å²) in [6, 6.07) is 19.1. The molecule has 0 fully saturated rings.